The van der Waals surface area contributed by atoms with Gasteiger partial charge in [0, 0.05) is 31.7 Å². The maximum Gasteiger partial charge on any atom is 0.254 e. The van der Waals surface area contributed by atoms with Crippen LogP contribution in [0.15, 0.2) is 18.2 Å². The standard InChI is InChI=1S/C16H22F2N2O/c1-12(2)5-6-19-7-9-20(10-8-19)16(21)13-3-4-14(17)15(18)11-13/h3-4,11-12H,5-10H2,1-2H3. The lowest BCUT2D eigenvalue weighted by Crippen LogP contribution is -2.49. The number of piperazine rings is 1. The summed E-state index contributed by atoms with van der Waals surface area (Å²) in [5.74, 6) is -1.45. The summed E-state index contributed by atoms with van der Waals surface area (Å²) in [6, 6.07) is 3.32. The van der Waals surface area contributed by atoms with Crippen molar-refractivity contribution in [3.8, 4) is 0 Å². The van der Waals surface area contributed by atoms with E-state index in [4.69, 9.17) is 0 Å². The van der Waals surface area contributed by atoms with Crippen molar-refractivity contribution in [2.24, 2.45) is 5.92 Å². The molecule has 1 aliphatic rings. The van der Waals surface area contributed by atoms with Crippen LogP contribution in [0.25, 0.3) is 0 Å². The molecule has 1 amide bonds. The van der Waals surface area contributed by atoms with Gasteiger partial charge in [0.05, 0.1) is 0 Å². The first-order chi connectivity index (χ1) is 9.97. The topological polar surface area (TPSA) is 23.6 Å². The Hall–Kier alpha value is -1.49. The zero-order valence-electron chi connectivity index (χ0n) is 12.6. The van der Waals surface area contributed by atoms with E-state index in [9.17, 15) is 13.6 Å². The largest absolute Gasteiger partial charge is 0.336 e. The zero-order chi connectivity index (χ0) is 15.4. The number of halogens is 2. The van der Waals surface area contributed by atoms with Gasteiger partial charge in [-0.3, -0.25) is 9.69 Å². The van der Waals surface area contributed by atoms with Gasteiger partial charge in [-0.25, -0.2) is 8.78 Å². The van der Waals surface area contributed by atoms with Gasteiger partial charge in [-0.1, -0.05) is 13.8 Å². The summed E-state index contributed by atoms with van der Waals surface area (Å²) in [5, 5.41) is 0. The van der Waals surface area contributed by atoms with Crippen LogP contribution in [0.5, 0.6) is 0 Å². The van der Waals surface area contributed by atoms with E-state index >= 15 is 0 Å². The van der Waals surface area contributed by atoms with E-state index in [0.717, 1.165) is 38.2 Å². The molecule has 0 bridgehead atoms. The lowest BCUT2D eigenvalue weighted by atomic mass is 10.1. The molecular formula is C16H22F2N2O. The monoisotopic (exact) mass is 296 g/mol. The molecule has 0 aliphatic carbocycles. The summed E-state index contributed by atoms with van der Waals surface area (Å²) >= 11 is 0. The Morgan fingerprint density at radius 2 is 1.81 bits per heavy atom. The fraction of sp³-hybridized carbons (Fsp3) is 0.562. The lowest BCUT2D eigenvalue weighted by molar-refractivity contribution is 0.0631. The van der Waals surface area contributed by atoms with Crippen LogP contribution in [0.2, 0.25) is 0 Å². The molecule has 2 rings (SSSR count). The van der Waals surface area contributed by atoms with E-state index in [2.05, 4.69) is 18.7 Å². The van der Waals surface area contributed by atoms with Crippen LogP contribution >= 0.6 is 0 Å². The molecule has 0 unspecified atom stereocenters. The summed E-state index contributed by atoms with van der Waals surface area (Å²) in [5.41, 5.74) is 0.213. The molecule has 1 aromatic carbocycles. The van der Waals surface area contributed by atoms with Crippen LogP contribution in [0.3, 0.4) is 0 Å². The van der Waals surface area contributed by atoms with Crippen molar-refractivity contribution in [2.45, 2.75) is 20.3 Å². The van der Waals surface area contributed by atoms with Crippen molar-refractivity contribution in [2.75, 3.05) is 32.7 Å². The van der Waals surface area contributed by atoms with Gasteiger partial charge in [-0.2, -0.15) is 0 Å². The molecule has 1 heterocycles. The molecule has 1 saturated heterocycles. The summed E-state index contributed by atoms with van der Waals surface area (Å²) in [4.78, 5) is 16.3. The molecule has 0 N–H and O–H groups in total. The molecular weight excluding hydrogens is 274 g/mol. The Kier molecular flexibility index (Phi) is 5.28. The van der Waals surface area contributed by atoms with Crippen LogP contribution in [-0.4, -0.2) is 48.4 Å². The van der Waals surface area contributed by atoms with Gasteiger partial charge >= 0.3 is 0 Å². The minimum absolute atomic E-state index is 0.213. The highest BCUT2D eigenvalue weighted by Gasteiger charge is 2.22. The molecule has 1 aliphatic heterocycles. The van der Waals surface area contributed by atoms with E-state index in [1.165, 1.54) is 6.07 Å². The normalized spacial score (nSPS) is 16.5. The first kappa shape index (κ1) is 15.9. The predicted molar refractivity (Wildman–Crippen MR) is 78.2 cm³/mol. The van der Waals surface area contributed by atoms with Crippen LogP contribution in [0.1, 0.15) is 30.6 Å². The molecule has 21 heavy (non-hydrogen) atoms. The average molecular weight is 296 g/mol. The maximum atomic E-state index is 13.2. The molecule has 1 fully saturated rings. The average Bonchev–Trinajstić information content (AvgIpc) is 2.48. The SMILES string of the molecule is CC(C)CCN1CCN(C(=O)c2ccc(F)c(F)c2)CC1. The second-order valence-electron chi connectivity index (χ2n) is 5.95. The number of carbonyl (C=O) groups is 1. The number of benzene rings is 1. The number of nitrogens with zero attached hydrogens (tertiary/aromatic N) is 2. The van der Waals surface area contributed by atoms with E-state index in [1.54, 1.807) is 4.90 Å². The van der Waals surface area contributed by atoms with Crippen LogP contribution in [0, 0.1) is 17.6 Å². The molecule has 5 heteroatoms. The first-order valence-electron chi connectivity index (χ1n) is 7.44. The van der Waals surface area contributed by atoms with Crippen molar-refractivity contribution in [1.29, 1.82) is 0 Å². The Bertz CT molecular complexity index is 497. The van der Waals surface area contributed by atoms with Gasteiger partial charge in [-0.05, 0) is 37.1 Å². The third-order valence-corrected chi connectivity index (χ3v) is 3.85. The molecule has 0 aromatic heterocycles. The van der Waals surface area contributed by atoms with Crippen LogP contribution in [-0.2, 0) is 0 Å². The number of rotatable bonds is 4. The van der Waals surface area contributed by atoms with Gasteiger partial charge in [0.2, 0.25) is 0 Å². The Morgan fingerprint density at radius 3 is 2.38 bits per heavy atom. The van der Waals surface area contributed by atoms with E-state index < -0.39 is 11.6 Å². The number of hydrogen-bond acceptors (Lipinski definition) is 2. The van der Waals surface area contributed by atoms with Crippen LogP contribution < -0.4 is 0 Å². The highest BCUT2D eigenvalue weighted by molar-refractivity contribution is 5.94. The minimum Gasteiger partial charge on any atom is -0.336 e. The summed E-state index contributed by atoms with van der Waals surface area (Å²) < 4.78 is 26.1. The van der Waals surface area contributed by atoms with Gasteiger partial charge in [0.25, 0.3) is 5.91 Å². The molecule has 0 atom stereocenters. The van der Waals surface area contributed by atoms with E-state index in [0.29, 0.717) is 19.0 Å². The van der Waals surface area contributed by atoms with Crippen molar-refractivity contribution >= 4 is 5.91 Å². The third-order valence-electron chi connectivity index (χ3n) is 3.85. The Labute approximate surface area is 124 Å². The summed E-state index contributed by atoms with van der Waals surface area (Å²) in [6.45, 7) is 8.38. The second kappa shape index (κ2) is 6.98. The lowest BCUT2D eigenvalue weighted by Gasteiger charge is -2.35. The van der Waals surface area contributed by atoms with Crippen LogP contribution in [0.4, 0.5) is 8.78 Å². The summed E-state index contributed by atoms with van der Waals surface area (Å²) in [6.07, 6.45) is 1.15. The third kappa shape index (κ3) is 4.24. The molecule has 0 spiro atoms. The van der Waals surface area contributed by atoms with Crippen molar-refractivity contribution in [3.05, 3.63) is 35.4 Å². The highest BCUT2D eigenvalue weighted by Crippen LogP contribution is 2.13. The van der Waals surface area contributed by atoms with Gasteiger partial charge in [0.15, 0.2) is 11.6 Å². The second-order valence-corrected chi connectivity index (χ2v) is 5.95. The van der Waals surface area contributed by atoms with Gasteiger partial charge in [-0.15, -0.1) is 0 Å². The number of carbonyl (C=O) groups excluding carboxylic acids is 1. The van der Waals surface area contributed by atoms with Gasteiger partial charge < -0.3 is 4.90 Å². The van der Waals surface area contributed by atoms with E-state index in [-0.39, 0.29) is 11.5 Å². The summed E-state index contributed by atoms with van der Waals surface area (Å²) in [7, 11) is 0. The smallest absolute Gasteiger partial charge is 0.254 e. The minimum atomic E-state index is -0.976. The fourth-order valence-corrected chi connectivity index (χ4v) is 2.43. The molecule has 1 aromatic rings. The van der Waals surface area contributed by atoms with Crippen molar-refractivity contribution in [3.63, 3.8) is 0 Å². The van der Waals surface area contributed by atoms with E-state index in [1.807, 2.05) is 0 Å². The first-order valence-corrected chi connectivity index (χ1v) is 7.44. The highest BCUT2D eigenvalue weighted by atomic mass is 19.2. The van der Waals surface area contributed by atoms with Crippen molar-refractivity contribution in [1.82, 2.24) is 9.80 Å². The van der Waals surface area contributed by atoms with Gasteiger partial charge in [0.1, 0.15) is 0 Å². The molecule has 3 nitrogen and oxygen atoms in total. The molecule has 0 radical (unpaired) electrons. The molecule has 116 valence electrons. The van der Waals surface area contributed by atoms with Crippen molar-refractivity contribution < 1.29 is 13.6 Å². The maximum absolute atomic E-state index is 13.2. The number of amides is 1. The molecule has 0 saturated carbocycles. The fourth-order valence-electron chi connectivity index (χ4n) is 2.43. The predicted octanol–water partition coefficient (Wildman–Crippen LogP) is 2.77. The number of hydrogen-bond donors (Lipinski definition) is 0. The zero-order valence-corrected chi connectivity index (χ0v) is 12.6. The Morgan fingerprint density at radius 1 is 1.14 bits per heavy atom. The Balaban J connectivity index is 1.89. The quantitative estimate of drug-likeness (QED) is 0.853.